The highest BCUT2D eigenvalue weighted by Gasteiger charge is 2.06. The molecule has 0 aliphatic carbocycles. The van der Waals surface area contributed by atoms with Crippen LogP contribution in [-0.2, 0) is 4.74 Å². The number of para-hydroxylation sites is 1. The first-order chi connectivity index (χ1) is 7.76. The molecule has 16 heavy (non-hydrogen) atoms. The third-order valence-corrected chi connectivity index (χ3v) is 1.76. The second-order valence-electron chi connectivity index (χ2n) is 2.96. The number of ether oxygens (including phenoxy) is 2. The second-order valence-corrected chi connectivity index (χ2v) is 2.96. The van der Waals surface area contributed by atoms with Gasteiger partial charge < -0.3 is 9.47 Å². The van der Waals surface area contributed by atoms with Gasteiger partial charge in [0.2, 0.25) is 0 Å². The van der Waals surface area contributed by atoms with E-state index in [1.54, 1.807) is 49.4 Å². The second kappa shape index (κ2) is 6.45. The summed E-state index contributed by atoms with van der Waals surface area (Å²) in [7, 11) is 0. The molecule has 1 aromatic carbocycles. The first kappa shape index (κ1) is 12.0. The lowest BCUT2D eigenvalue weighted by atomic mass is 10.3. The van der Waals surface area contributed by atoms with Gasteiger partial charge in [0.1, 0.15) is 11.5 Å². The predicted molar refractivity (Wildman–Crippen MR) is 62.1 cm³/mol. The lowest BCUT2D eigenvalue weighted by Crippen LogP contribution is -2.09. The summed E-state index contributed by atoms with van der Waals surface area (Å²) in [6.45, 7) is 3.63. The molecule has 0 unspecified atom stereocenters. The van der Waals surface area contributed by atoms with E-state index in [2.05, 4.69) is 0 Å². The van der Waals surface area contributed by atoms with Gasteiger partial charge in [-0.3, -0.25) is 0 Å². The van der Waals surface area contributed by atoms with Crippen molar-refractivity contribution < 1.29 is 14.3 Å². The van der Waals surface area contributed by atoms with Crippen molar-refractivity contribution in [3.63, 3.8) is 0 Å². The fourth-order valence-corrected chi connectivity index (χ4v) is 1.06. The number of rotatable bonds is 3. The van der Waals surface area contributed by atoms with Crippen LogP contribution in [0.5, 0.6) is 5.75 Å². The van der Waals surface area contributed by atoms with Crippen LogP contribution in [0.3, 0.4) is 0 Å². The highest BCUT2D eigenvalue weighted by atomic mass is 16.7. The monoisotopic (exact) mass is 218 g/mol. The summed E-state index contributed by atoms with van der Waals surface area (Å²) in [4.78, 5) is 11.3. The third kappa shape index (κ3) is 4.00. The summed E-state index contributed by atoms with van der Waals surface area (Å²) in [5, 5.41) is 0. The van der Waals surface area contributed by atoms with E-state index < -0.39 is 6.16 Å². The molecule has 0 aliphatic rings. The van der Waals surface area contributed by atoms with Crippen molar-refractivity contribution >= 4 is 6.16 Å². The van der Waals surface area contributed by atoms with Crippen LogP contribution in [0.2, 0.25) is 0 Å². The first-order valence-electron chi connectivity index (χ1n) is 5.00. The van der Waals surface area contributed by atoms with E-state index in [0.717, 1.165) is 0 Å². The van der Waals surface area contributed by atoms with Gasteiger partial charge in [0.25, 0.3) is 0 Å². The van der Waals surface area contributed by atoms with E-state index in [0.29, 0.717) is 11.5 Å². The fraction of sp³-hybridized carbons (Fsp3) is 0.154. The minimum absolute atomic E-state index is 0.462. The quantitative estimate of drug-likeness (QED) is 0.336. The number of hydrogen-bond acceptors (Lipinski definition) is 3. The molecule has 3 heteroatoms. The molecule has 0 aromatic heterocycles. The summed E-state index contributed by atoms with van der Waals surface area (Å²) in [5.74, 6) is 0.923. The van der Waals surface area contributed by atoms with E-state index in [1.165, 1.54) is 0 Å². The van der Waals surface area contributed by atoms with E-state index in [-0.39, 0.29) is 0 Å². The molecular formula is C13H14O3. The Labute approximate surface area is 95.0 Å². The van der Waals surface area contributed by atoms with Crippen LogP contribution in [0.4, 0.5) is 4.79 Å². The molecule has 0 fully saturated rings. The average molecular weight is 218 g/mol. The van der Waals surface area contributed by atoms with Crippen molar-refractivity contribution in [1.82, 2.24) is 0 Å². The normalized spacial score (nSPS) is 11.5. The molecule has 0 aliphatic heterocycles. The van der Waals surface area contributed by atoms with Crippen LogP contribution in [-0.4, -0.2) is 6.16 Å². The van der Waals surface area contributed by atoms with Crippen LogP contribution in [0.15, 0.2) is 54.3 Å². The number of benzene rings is 1. The van der Waals surface area contributed by atoms with Gasteiger partial charge in [-0.15, -0.1) is 0 Å². The minimum atomic E-state index is -0.739. The Balaban J connectivity index is 2.54. The van der Waals surface area contributed by atoms with Crippen LogP contribution in [0.25, 0.3) is 0 Å². The van der Waals surface area contributed by atoms with Crippen molar-refractivity contribution in [2.24, 2.45) is 0 Å². The largest absolute Gasteiger partial charge is 0.519 e. The number of carbonyl (C=O) groups excluding carboxylic acids is 1. The van der Waals surface area contributed by atoms with Crippen LogP contribution in [0.1, 0.15) is 13.8 Å². The van der Waals surface area contributed by atoms with E-state index in [4.69, 9.17) is 9.47 Å². The van der Waals surface area contributed by atoms with E-state index in [1.807, 2.05) is 13.0 Å². The topological polar surface area (TPSA) is 35.5 Å². The third-order valence-electron chi connectivity index (χ3n) is 1.76. The van der Waals surface area contributed by atoms with Gasteiger partial charge in [0.15, 0.2) is 0 Å². The number of allylic oxidation sites excluding steroid dienone is 3. The molecule has 84 valence electrons. The molecule has 1 rings (SSSR count). The molecule has 1 aromatic rings. The van der Waals surface area contributed by atoms with Crippen LogP contribution in [0, 0.1) is 0 Å². The molecule has 0 atom stereocenters. The molecule has 0 spiro atoms. The van der Waals surface area contributed by atoms with Gasteiger partial charge in [0.05, 0.1) is 0 Å². The van der Waals surface area contributed by atoms with Crippen molar-refractivity contribution in [3.8, 4) is 5.75 Å². The summed E-state index contributed by atoms with van der Waals surface area (Å²) >= 11 is 0. The number of carbonyl (C=O) groups is 1. The van der Waals surface area contributed by atoms with E-state index >= 15 is 0 Å². The molecular weight excluding hydrogens is 204 g/mol. The van der Waals surface area contributed by atoms with Crippen LogP contribution < -0.4 is 4.74 Å². The van der Waals surface area contributed by atoms with E-state index in [9.17, 15) is 4.79 Å². The lowest BCUT2D eigenvalue weighted by molar-refractivity contribution is 0.129. The summed E-state index contributed by atoms with van der Waals surface area (Å²) in [5.41, 5.74) is 0. The Morgan fingerprint density at radius 3 is 2.44 bits per heavy atom. The minimum Gasteiger partial charge on any atom is -0.395 e. The summed E-state index contributed by atoms with van der Waals surface area (Å²) in [6, 6.07) is 8.78. The Hall–Kier alpha value is -2.03. The molecule has 0 heterocycles. The van der Waals surface area contributed by atoms with Gasteiger partial charge in [-0.1, -0.05) is 24.3 Å². The van der Waals surface area contributed by atoms with Gasteiger partial charge in [-0.25, -0.2) is 4.79 Å². The van der Waals surface area contributed by atoms with Crippen molar-refractivity contribution in [3.05, 3.63) is 54.3 Å². The van der Waals surface area contributed by atoms with Gasteiger partial charge in [0, 0.05) is 0 Å². The Morgan fingerprint density at radius 1 is 1.19 bits per heavy atom. The Bertz CT molecular complexity index is 391. The maximum atomic E-state index is 11.3. The SMILES string of the molecule is C/C=C\C(=C/C)OC(=O)Oc1ccccc1. The lowest BCUT2D eigenvalue weighted by Gasteiger charge is -2.05. The summed E-state index contributed by atoms with van der Waals surface area (Å²) < 4.78 is 9.91. The molecule has 0 radical (unpaired) electrons. The first-order valence-corrected chi connectivity index (χ1v) is 5.00. The van der Waals surface area contributed by atoms with Crippen molar-refractivity contribution in [2.75, 3.05) is 0 Å². The molecule has 0 N–H and O–H groups in total. The highest BCUT2D eigenvalue weighted by molar-refractivity contribution is 5.65. The summed E-state index contributed by atoms with van der Waals surface area (Å²) in [6.07, 6.45) is 4.42. The van der Waals surface area contributed by atoms with Gasteiger partial charge in [-0.2, -0.15) is 0 Å². The standard InChI is InChI=1S/C13H14O3/c1-3-8-11(4-2)15-13(14)16-12-9-6-5-7-10-12/h3-10H,1-2H3/b8-3-,11-4+. The fourth-order valence-electron chi connectivity index (χ4n) is 1.06. The Kier molecular flexibility index (Phi) is 4.86. The molecule has 0 bridgehead atoms. The molecule has 0 saturated heterocycles. The molecule has 0 saturated carbocycles. The molecule has 3 nitrogen and oxygen atoms in total. The maximum Gasteiger partial charge on any atom is 0.519 e. The predicted octanol–water partition coefficient (Wildman–Crippen LogP) is 3.68. The zero-order chi connectivity index (χ0) is 11.8. The van der Waals surface area contributed by atoms with Gasteiger partial charge in [-0.05, 0) is 38.1 Å². The zero-order valence-electron chi connectivity index (χ0n) is 9.34. The average Bonchev–Trinajstić information content (AvgIpc) is 2.29. The Morgan fingerprint density at radius 2 is 1.88 bits per heavy atom. The maximum absolute atomic E-state index is 11.3. The van der Waals surface area contributed by atoms with Crippen molar-refractivity contribution in [1.29, 1.82) is 0 Å². The zero-order valence-corrected chi connectivity index (χ0v) is 9.34. The smallest absolute Gasteiger partial charge is 0.395 e. The van der Waals surface area contributed by atoms with Crippen LogP contribution >= 0.6 is 0 Å². The van der Waals surface area contributed by atoms with Gasteiger partial charge >= 0.3 is 6.16 Å². The van der Waals surface area contributed by atoms with Crippen molar-refractivity contribution in [2.45, 2.75) is 13.8 Å². The highest BCUT2D eigenvalue weighted by Crippen LogP contribution is 2.10. The molecule has 0 amide bonds. The number of hydrogen-bond donors (Lipinski definition) is 0.